The Morgan fingerprint density at radius 1 is 1.31 bits per heavy atom. The van der Waals surface area contributed by atoms with E-state index in [0.29, 0.717) is 13.2 Å². The van der Waals surface area contributed by atoms with E-state index in [0.717, 1.165) is 0 Å². The van der Waals surface area contributed by atoms with Crippen LogP contribution in [0.25, 0.3) is 0 Å². The van der Waals surface area contributed by atoms with Crippen LogP contribution < -0.4 is 0 Å². The summed E-state index contributed by atoms with van der Waals surface area (Å²) in [6.07, 6.45) is 8.16. The maximum Gasteiger partial charge on any atom is 0.144 e. The zero-order valence-electron chi connectivity index (χ0n) is 8.03. The molecule has 0 saturated carbocycles. The first-order valence-electron chi connectivity index (χ1n) is 4.17. The third-order valence-electron chi connectivity index (χ3n) is 1.46. The molecule has 13 heavy (non-hydrogen) atoms. The van der Waals surface area contributed by atoms with Crippen molar-refractivity contribution in [2.45, 2.75) is 19.1 Å². The molecule has 0 amide bonds. The molecule has 0 aromatic heterocycles. The van der Waals surface area contributed by atoms with Crippen LogP contribution in [-0.2, 0) is 9.47 Å². The molecule has 0 aliphatic carbocycles. The number of rotatable bonds is 7. The van der Waals surface area contributed by atoms with Crippen molar-refractivity contribution in [3.8, 4) is 12.3 Å². The quantitative estimate of drug-likeness (QED) is 0.439. The minimum absolute atomic E-state index is 0.122. The molecule has 72 valence electrons. The van der Waals surface area contributed by atoms with Gasteiger partial charge in [0.2, 0.25) is 0 Å². The van der Waals surface area contributed by atoms with E-state index in [4.69, 9.17) is 15.9 Å². The van der Waals surface area contributed by atoms with Crippen molar-refractivity contribution in [1.82, 2.24) is 0 Å². The van der Waals surface area contributed by atoms with Gasteiger partial charge in [-0.15, -0.1) is 19.6 Å². The summed E-state index contributed by atoms with van der Waals surface area (Å²) in [4.78, 5) is 0. The summed E-state index contributed by atoms with van der Waals surface area (Å²) >= 11 is 0. The highest BCUT2D eigenvalue weighted by atomic mass is 16.5. The van der Waals surface area contributed by atoms with Gasteiger partial charge in [0.25, 0.3) is 0 Å². The lowest BCUT2D eigenvalue weighted by atomic mass is 10.2. The lowest BCUT2D eigenvalue weighted by Gasteiger charge is -2.18. The van der Waals surface area contributed by atoms with Gasteiger partial charge in [0.15, 0.2) is 0 Å². The largest absolute Gasteiger partial charge is 0.371 e. The fourth-order valence-corrected chi connectivity index (χ4v) is 0.798. The Hall–Kier alpha value is -1.04. The average Bonchev–Trinajstić information content (AvgIpc) is 2.16. The molecule has 0 unspecified atom stereocenters. The predicted octanol–water partition coefficient (Wildman–Crippen LogP) is 1.78. The van der Waals surface area contributed by atoms with Gasteiger partial charge in [0, 0.05) is 0 Å². The highest BCUT2D eigenvalue weighted by Crippen LogP contribution is 2.02. The Morgan fingerprint density at radius 2 is 1.85 bits per heavy atom. The second-order valence-electron chi connectivity index (χ2n) is 2.54. The zero-order chi connectivity index (χ0) is 10.1. The standard InChI is InChI=1S/C11H16O2/c1-5-8-12-10(4)11(7-3)13-9-6-2/h3,5-6,10-11H,1-2,8-9H2,4H3/t10-,11-/m0/s1. The second kappa shape index (κ2) is 7.60. The molecule has 0 aliphatic rings. The molecule has 0 aliphatic heterocycles. The lowest BCUT2D eigenvalue weighted by molar-refractivity contribution is -0.0208. The van der Waals surface area contributed by atoms with Crippen molar-refractivity contribution in [3.05, 3.63) is 25.3 Å². The van der Waals surface area contributed by atoms with E-state index in [2.05, 4.69) is 19.1 Å². The number of ether oxygens (including phenoxy) is 2. The molecule has 0 saturated heterocycles. The molecule has 2 nitrogen and oxygen atoms in total. The molecule has 0 heterocycles. The summed E-state index contributed by atoms with van der Waals surface area (Å²) in [5.74, 6) is 2.52. The lowest BCUT2D eigenvalue weighted by Crippen LogP contribution is -2.27. The minimum atomic E-state index is -0.321. The smallest absolute Gasteiger partial charge is 0.144 e. The van der Waals surface area contributed by atoms with E-state index in [9.17, 15) is 0 Å². The van der Waals surface area contributed by atoms with E-state index >= 15 is 0 Å². The molecule has 0 spiro atoms. The monoisotopic (exact) mass is 180 g/mol. The molecular weight excluding hydrogens is 164 g/mol. The Labute approximate surface area is 80.2 Å². The molecule has 0 fully saturated rings. The summed E-state index contributed by atoms with van der Waals surface area (Å²) in [5.41, 5.74) is 0. The summed E-state index contributed by atoms with van der Waals surface area (Å²) < 4.78 is 10.6. The van der Waals surface area contributed by atoms with Crippen molar-refractivity contribution < 1.29 is 9.47 Å². The topological polar surface area (TPSA) is 18.5 Å². The Balaban J connectivity index is 3.84. The van der Waals surface area contributed by atoms with Crippen LogP contribution in [0.15, 0.2) is 25.3 Å². The molecule has 0 radical (unpaired) electrons. The van der Waals surface area contributed by atoms with Gasteiger partial charge < -0.3 is 9.47 Å². The third-order valence-corrected chi connectivity index (χ3v) is 1.46. The molecule has 0 aromatic carbocycles. The van der Waals surface area contributed by atoms with Crippen molar-refractivity contribution in [1.29, 1.82) is 0 Å². The van der Waals surface area contributed by atoms with Crippen LogP contribution in [0.3, 0.4) is 0 Å². The van der Waals surface area contributed by atoms with Crippen LogP contribution in [0, 0.1) is 12.3 Å². The molecular formula is C11H16O2. The van der Waals surface area contributed by atoms with Crippen LogP contribution in [-0.4, -0.2) is 25.4 Å². The van der Waals surface area contributed by atoms with Crippen molar-refractivity contribution in [3.63, 3.8) is 0 Å². The van der Waals surface area contributed by atoms with E-state index in [1.807, 2.05) is 6.92 Å². The van der Waals surface area contributed by atoms with Crippen LogP contribution >= 0.6 is 0 Å². The third kappa shape index (κ3) is 5.24. The molecule has 0 aromatic rings. The SMILES string of the molecule is C#C[C@H](OCC=C)[C@H](C)OCC=C. The van der Waals surface area contributed by atoms with E-state index in [1.54, 1.807) is 12.2 Å². The average molecular weight is 180 g/mol. The van der Waals surface area contributed by atoms with E-state index < -0.39 is 0 Å². The molecule has 0 rings (SSSR count). The predicted molar refractivity (Wildman–Crippen MR) is 54.4 cm³/mol. The van der Waals surface area contributed by atoms with Gasteiger partial charge in [-0.1, -0.05) is 18.1 Å². The first-order valence-corrected chi connectivity index (χ1v) is 4.17. The fourth-order valence-electron chi connectivity index (χ4n) is 0.798. The van der Waals surface area contributed by atoms with Gasteiger partial charge in [0.05, 0.1) is 19.3 Å². The Bertz CT molecular complexity index is 191. The van der Waals surface area contributed by atoms with Gasteiger partial charge in [-0.05, 0) is 6.92 Å². The summed E-state index contributed by atoms with van der Waals surface area (Å²) in [6.45, 7) is 9.88. The van der Waals surface area contributed by atoms with Crippen LogP contribution in [0.2, 0.25) is 0 Å². The van der Waals surface area contributed by atoms with Crippen molar-refractivity contribution in [2.75, 3.05) is 13.2 Å². The van der Waals surface area contributed by atoms with Crippen LogP contribution in [0.1, 0.15) is 6.92 Å². The molecule has 2 heteroatoms. The first-order chi connectivity index (χ1) is 6.26. The van der Waals surface area contributed by atoms with Gasteiger partial charge >= 0.3 is 0 Å². The van der Waals surface area contributed by atoms with Gasteiger partial charge in [-0.3, -0.25) is 0 Å². The second-order valence-corrected chi connectivity index (χ2v) is 2.54. The van der Waals surface area contributed by atoms with Crippen LogP contribution in [0.4, 0.5) is 0 Å². The van der Waals surface area contributed by atoms with Crippen molar-refractivity contribution >= 4 is 0 Å². The maximum atomic E-state index is 5.32. The van der Waals surface area contributed by atoms with Gasteiger partial charge in [-0.2, -0.15) is 0 Å². The Morgan fingerprint density at radius 3 is 2.31 bits per heavy atom. The first kappa shape index (κ1) is 12.0. The Kier molecular flexibility index (Phi) is 6.99. The number of hydrogen-bond acceptors (Lipinski definition) is 2. The van der Waals surface area contributed by atoms with Gasteiger partial charge in [-0.25, -0.2) is 0 Å². The van der Waals surface area contributed by atoms with Gasteiger partial charge in [0.1, 0.15) is 6.10 Å². The molecule has 2 atom stereocenters. The van der Waals surface area contributed by atoms with E-state index in [1.165, 1.54) is 0 Å². The number of terminal acetylenes is 1. The maximum absolute atomic E-state index is 5.32. The molecule has 0 bridgehead atoms. The molecule has 0 N–H and O–H groups in total. The zero-order valence-corrected chi connectivity index (χ0v) is 8.03. The normalized spacial score (nSPS) is 14.2. The highest BCUT2D eigenvalue weighted by Gasteiger charge is 2.14. The summed E-state index contributed by atoms with van der Waals surface area (Å²) in [7, 11) is 0. The van der Waals surface area contributed by atoms with Crippen molar-refractivity contribution in [2.24, 2.45) is 0 Å². The van der Waals surface area contributed by atoms with E-state index in [-0.39, 0.29) is 12.2 Å². The summed E-state index contributed by atoms with van der Waals surface area (Å²) in [6, 6.07) is 0. The highest BCUT2D eigenvalue weighted by molar-refractivity contribution is 4.98. The fraction of sp³-hybridized carbons (Fsp3) is 0.455. The van der Waals surface area contributed by atoms with Crippen LogP contribution in [0.5, 0.6) is 0 Å². The minimum Gasteiger partial charge on any atom is -0.371 e. The summed E-state index contributed by atoms with van der Waals surface area (Å²) in [5, 5.41) is 0. The number of hydrogen-bond donors (Lipinski definition) is 0.